The van der Waals surface area contributed by atoms with Gasteiger partial charge in [-0.15, -0.1) is 5.10 Å². The van der Waals surface area contributed by atoms with E-state index in [-0.39, 0.29) is 23.1 Å². The topological polar surface area (TPSA) is 115 Å². The van der Waals surface area contributed by atoms with Gasteiger partial charge in [-0.3, -0.25) is 9.59 Å². The quantitative estimate of drug-likeness (QED) is 0.683. The van der Waals surface area contributed by atoms with Crippen molar-refractivity contribution < 1.29 is 9.53 Å². The molecule has 3 heterocycles. The van der Waals surface area contributed by atoms with Crippen molar-refractivity contribution in [2.24, 2.45) is 0 Å². The number of hydrogen-bond donors (Lipinski definition) is 2. The van der Waals surface area contributed by atoms with Gasteiger partial charge in [0.1, 0.15) is 0 Å². The first-order valence-electron chi connectivity index (χ1n) is 9.30. The molecule has 0 aliphatic carbocycles. The lowest BCUT2D eigenvalue weighted by Gasteiger charge is -2.10. The van der Waals surface area contributed by atoms with Gasteiger partial charge in [0.2, 0.25) is 5.82 Å². The summed E-state index contributed by atoms with van der Waals surface area (Å²) in [5.74, 6) is -0.506. The second kappa shape index (κ2) is 7.51. The van der Waals surface area contributed by atoms with E-state index in [1.807, 2.05) is 26.0 Å². The van der Waals surface area contributed by atoms with E-state index in [4.69, 9.17) is 4.74 Å². The Morgan fingerprint density at radius 1 is 1.39 bits per heavy atom. The van der Waals surface area contributed by atoms with Gasteiger partial charge in [0.15, 0.2) is 11.2 Å². The predicted molar refractivity (Wildman–Crippen MR) is 102 cm³/mol. The molecule has 0 spiro atoms. The van der Waals surface area contributed by atoms with E-state index in [2.05, 4.69) is 31.7 Å². The minimum Gasteiger partial charge on any atom is -0.376 e. The average molecular weight is 382 g/mol. The summed E-state index contributed by atoms with van der Waals surface area (Å²) in [6, 6.07) is 6.14. The molecule has 146 valence electrons. The second-order valence-corrected chi connectivity index (χ2v) is 7.11. The van der Waals surface area contributed by atoms with Crippen molar-refractivity contribution in [2.75, 3.05) is 13.2 Å². The Morgan fingerprint density at radius 2 is 2.25 bits per heavy atom. The van der Waals surface area contributed by atoms with Crippen LogP contribution in [-0.2, 0) is 11.3 Å². The van der Waals surface area contributed by atoms with Crippen LogP contribution < -0.4 is 10.9 Å². The Balaban J connectivity index is 1.61. The lowest BCUT2D eigenvalue weighted by Crippen LogP contribution is -2.34. The molecule has 0 bridgehead atoms. The zero-order valence-electron chi connectivity index (χ0n) is 15.9. The molecule has 1 atom stereocenters. The van der Waals surface area contributed by atoms with Crippen LogP contribution in [0.4, 0.5) is 0 Å². The third kappa shape index (κ3) is 3.65. The highest BCUT2D eigenvalue weighted by atomic mass is 16.5. The van der Waals surface area contributed by atoms with Gasteiger partial charge in [-0.25, -0.2) is 9.67 Å². The number of ether oxygens (including phenoxy) is 1. The Hall–Kier alpha value is -3.07. The first-order chi connectivity index (χ1) is 13.5. The number of fused-ring (bicyclic) bond motifs is 1. The summed E-state index contributed by atoms with van der Waals surface area (Å²) < 4.78 is 7.04. The molecule has 0 saturated carbocycles. The summed E-state index contributed by atoms with van der Waals surface area (Å²) in [6.45, 7) is 5.54. The number of amides is 1. The summed E-state index contributed by atoms with van der Waals surface area (Å²) in [6.07, 6.45) is 1.91. The number of benzene rings is 1. The van der Waals surface area contributed by atoms with Crippen LogP contribution in [0.15, 0.2) is 23.0 Å². The number of nitrogens with one attached hydrogen (secondary N) is 2. The fourth-order valence-electron chi connectivity index (χ4n) is 3.31. The maximum atomic E-state index is 12.4. The van der Waals surface area contributed by atoms with Gasteiger partial charge in [-0.05, 0) is 37.8 Å². The number of rotatable bonds is 5. The van der Waals surface area contributed by atoms with E-state index in [0.717, 1.165) is 29.5 Å². The van der Waals surface area contributed by atoms with Crippen LogP contribution in [0.5, 0.6) is 0 Å². The number of aryl methyl sites for hydroxylation is 2. The molecular weight excluding hydrogens is 360 g/mol. The molecule has 3 aromatic rings. The molecule has 1 aliphatic rings. The van der Waals surface area contributed by atoms with Gasteiger partial charge < -0.3 is 15.0 Å². The van der Waals surface area contributed by atoms with E-state index in [1.165, 1.54) is 0 Å². The van der Waals surface area contributed by atoms with Crippen LogP contribution in [0.3, 0.4) is 0 Å². The normalized spacial score (nSPS) is 16.6. The Morgan fingerprint density at radius 3 is 3.04 bits per heavy atom. The maximum absolute atomic E-state index is 12.4. The van der Waals surface area contributed by atoms with Gasteiger partial charge >= 0.3 is 0 Å². The van der Waals surface area contributed by atoms with Crippen molar-refractivity contribution >= 4 is 17.1 Å². The molecule has 9 heteroatoms. The third-order valence-electron chi connectivity index (χ3n) is 4.93. The first-order valence-corrected chi connectivity index (χ1v) is 9.30. The smallest absolute Gasteiger partial charge is 0.287 e. The summed E-state index contributed by atoms with van der Waals surface area (Å²) in [4.78, 5) is 31.6. The van der Waals surface area contributed by atoms with Gasteiger partial charge in [-0.1, -0.05) is 29.0 Å². The maximum Gasteiger partial charge on any atom is 0.287 e. The molecule has 2 N–H and O–H groups in total. The minimum atomic E-state index is -0.487. The molecule has 9 nitrogen and oxygen atoms in total. The number of carbonyl (C=O) groups excluding carboxylic acids is 1. The lowest BCUT2D eigenvalue weighted by molar-refractivity contribution is 0.0849. The van der Waals surface area contributed by atoms with E-state index in [9.17, 15) is 9.59 Å². The molecule has 28 heavy (non-hydrogen) atoms. The van der Waals surface area contributed by atoms with Crippen molar-refractivity contribution in [2.45, 2.75) is 39.3 Å². The highest BCUT2D eigenvalue weighted by Crippen LogP contribution is 2.14. The number of nitrogens with zero attached hydrogens (tertiary/aromatic N) is 4. The van der Waals surface area contributed by atoms with Crippen molar-refractivity contribution in [3.63, 3.8) is 0 Å². The zero-order chi connectivity index (χ0) is 19.7. The van der Waals surface area contributed by atoms with Crippen LogP contribution in [0.2, 0.25) is 0 Å². The Kier molecular flexibility index (Phi) is 4.91. The van der Waals surface area contributed by atoms with E-state index in [1.54, 1.807) is 4.68 Å². The molecule has 1 aromatic carbocycles. The molecule has 0 radical (unpaired) electrons. The van der Waals surface area contributed by atoms with Crippen molar-refractivity contribution in [1.82, 2.24) is 30.3 Å². The average Bonchev–Trinajstić information content (AvgIpc) is 3.33. The summed E-state index contributed by atoms with van der Waals surface area (Å²) in [5, 5.41) is 10.8. The van der Waals surface area contributed by atoms with Crippen LogP contribution >= 0.6 is 0 Å². The van der Waals surface area contributed by atoms with Crippen LogP contribution in [-0.4, -0.2) is 50.1 Å². The Bertz CT molecular complexity index is 1080. The second-order valence-electron chi connectivity index (χ2n) is 7.11. The minimum absolute atomic E-state index is 0.0101. The highest BCUT2D eigenvalue weighted by Gasteiger charge is 2.20. The standard InChI is InChI=1S/C19H22N6O3/c1-11-5-6-12(2)13(8-11)10-25-17-15(23-24-25)18(26)22-16(21-17)19(27)20-9-14-4-3-7-28-14/h5-6,8,14H,3-4,7,9-10H2,1-2H3,(H,20,27)(H,21,22,26)/t14-/m0/s1. The van der Waals surface area contributed by atoms with Gasteiger partial charge in [0.25, 0.3) is 11.5 Å². The van der Waals surface area contributed by atoms with E-state index < -0.39 is 11.5 Å². The number of aromatic amines is 1. The number of hydrogen-bond acceptors (Lipinski definition) is 6. The molecular formula is C19H22N6O3. The predicted octanol–water partition coefficient (Wildman–Crippen LogP) is 1.09. The van der Waals surface area contributed by atoms with Crippen LogP contribution in [0, 0.1) is 13.8 Å². The molecule has 0 unspecified atom stereocenters. The molecule has 1 fully saturated rings. The summed E-state index contributed by atoms with van der Waals surface area (Å²) in [7, 11) is 0. The van der Waals surface area contributed by atoms with Gasteiger partial charge in [0.05, 0.1) is 12.6 Å². The fourth-order valence-corrected chi connectivity index (χ4v) is 3.31. The van der Waals surface area contributed by atoms with Crippen molar-refractivity contribution in [3.05, 3.63) is 51.1 Å². The van der Waals surface area contributed by atoms with Crippen LogP contribution in [0.1, 0.15) is 40.2 Å². The highest BCUT2D eigenvalue weighted by molar-refractivity contribution is 5.91. The van der Waals surface area contributed by atoms with E-state index in [0.29, 0.717) is 19.7 Å². The first kappa shape index (κ1) is 18.3. The monoisotopic (exact) mass is 382 g/mol. The van der Waals surface area contributed by atoms with Crippen molar-refractivity contribution in [3.8, 4) is 0 Å². The fraction of sp³-hybridized carbons (Fsp3) is 0.421. The SMILES string of the molecule is Cc1ccc(C)c(Cn2nnc3c(=O)[nH]c(C(=O)NC[C@@H]4CCCO4)nc32)c1. The number of aromatic nitrogens is 5. The zero-order valence-corrected chi connectivity index (χ0v) is 15.9. The van der Waals surface area contributed by atoms with Crippen LogP contribution in [0.25, 0.3) is 11.2 Å². The molecule has 2 aromatic heterocycles. The van der Waals surface area contributed by atoms with Gasteiger partial charge in [0, 0.05) is 13.2 Å². The number of carbonyl (C=O) groups is 1. The lowest BCUT2D eigenvalue weighted by atomic mass is 10.1. The third-order valence-corrected chi connectivity index (χ3v) is 4.93. The number of H-pyrrole nitrogens is 1. The molecule has 1 saturated heterocycles. The molecule has 1 amide bonds. The van der Waals surface area contributed by atoms with Crippen molar-refractivity contribution in [1.29, 1.82) is 0 Å². The largest absolute Gasteiger partial charge is 0.376 e. The van der Waals surface area contributed by atoms with E-state index >= 15 is 0 Å². The van der Waals surface area contributed by atoms with Gasteiger partial charge in [-0.2, -0.15) is 0 Å². The Labute approximate surface area is 161 Å². The summed E-state index contributed by atoms with van der Waals surface area (Å²) in [5.41, 5.74) is 3.20. The molecule has 4 rings (SSSR count). The molecule has 1 aliphatic heterocycles. The summed E-state index contributed by atoms with van der Waals surface area (Å²) >= 11 is 0.